The van der Waals surface area contributed by atoms with Gasteiger partial charge in [-0.25, -0.2) is 4.79 Å². The van der Waals surface area contributed by atoms with Crippen molar-refractivity contribution >= 4 is 11.9 Å². The van der Waals surface area contributed by atoms with Gasteiger partial charge in [0.25, 0.3) is 0 Å². The number of hydrogen-bond acceptors (Lipinski definition) is 4. The predicted molar refractivity (Wildman–Crippen MR) is 48.8 cm³/mol. The van der Waals surface area contributed by atoms with Crippen LogP contribution in [0.4, 0.5) is 0 Å². The molecule has 0 N–H and O–H groups in total. The van der Waals surface area contributed by atoms with Crippen molar-refractivity contribution in [1.82, 2.24) is 0 Å². The molecule has 0 aromatic carbocycles. The number of rotatable bonds is 4. The van der Waals surface area contributed by atoms with Gasteiger partial charge in [0.15, 0.2) is 0 Å². The summed E-state index contributed by atoms with van der Waals surface area (Å²) in [6.45, 7) is 3.07. The maximum Gasteiger partial charge on any atom is 1.00 e. The van der Waals surface area contributed by atoms with E-state index < -0.39 is 11.9 Å². The summed E-state index contributed by atoms with van der Waals surface area (Å²) < 4.78 is 4.55. The van der Waals surface area contributed by atoms with Crippen LogP contribution in [-0.2, 0) is 14.3 Å². The molecular formula is C10H11NaO4. The Hall–Kier alpha value is -0.840. The van der Waals surface area contributed by atoms with Crippen LogP contribution in [0.1, 0.15) is 13.8 Å². The van der Waals surface area contributed by atoms with Crippen LogP contribution in [0.25, 0.3) is 0 Å². The fourth-order valence-electron chi connectivity index (χ4n) is 0.533. The minimum atomic E-state index is -1.26. The number of esters is 1. The van der Waals surface area contributed by atoms with Gasteiger partial charge < -0.3 is 14.6 Å². The van der Waals surface area contributed by atoms with Gasteiger partial charge in [-0.3, -0.25) is 0 Å². The third-order valence-corrected chi connectivity index (χ3v) is 1.23. The zero-order valence-corrected chi connectivity index (χ0v) is 11.0. The Bertz CT molecular complexity index is 303. The van der Waals surface area contributed by atoms with Crippen molar-refractivity contribution in [1.29, 1.82) is 0 Å². The van der Waals surface area contributed by atoms with Gasteiger partial charge in [0.05, 0.1) is 12.2 Å². The molecule has 0 fully saturated rings. The number of carboxylic acids is 1. The van der Waals surface area contributed by atoms with Gasteiger partial charge in [-0.2, -0.15) is 0 Å². The fourth-order valence-corrected chi connectivity index (χ4v) is 0.533. The average Bonchev–Trinajstić information content (AvgIpc) is 2.12. The average molecular weight is 218 g/mol. The van der Waals surface area contributed by atoms with E-state index in [0.717, 1.165) is 6.26 Å². The molecule has 0 saturated heterocycles. The first kappa shape index (κ1) is 16.6. The molecule has 0 aromatic heterocycles. The van der Waals surface area contributed by atoms with Crippen LogP contribution < -0.4 is 34.7 Å². The Morgan fingerprint density at radius 2 is 1.93 bits per heavy atom. The maximum absolute atomic E-state index is 10.7. The zero-order chi connectivity index (χ0) is 11.0. The number of hydrogen-bond donors (Lipinski definition) is 0. The van der Waals surface area contributed by atoms with Crippen LogP contribution in [0, 0.1) is 0 Å². The molecule has 4 nitrogen and oxygen atoms in total. The van der Waals surface area contributed by atoms with Crippen LogP contribution in [0.2, 0.25) is 0 Å². The van der Waals surface area contributed by atoms with Crippen molar-refractivity contribution in [2.24, 2.45) is 0 Å². The number of carbonyl (C=O) groups is 2. The fraction of sp³-hybridized carbons (Fsp3) is 0.200. The molecule has 0 unspecified atom stereocenters. The minimum Gasteiger partial charge on any atom is -0.545 e. The molecule has 0 bridgehead atoms. The number of carbonyl (C=O) groups excluding carboxylic acids is 2. The number of ether oxygens (including phenoxy) is 1. The van der Waals surface area contributed by atoms with Crippen molar-refractivity contribution < 1.29 is 49.0 Å². The number of carboxylic acid groups (broad SMARTS) is 1. The first-order valence-electron chi connectivity index (χ1n) is 3.96. The molecule has 15 heavy (non-hydrogen) atoms. The molecule has 0 aliphatic heterocycles. The molecule has 0 aliphatic carbocycles. The molecular weight excluding hydrogens is 207 g/mol. The van der Waals surface area contributed by atoms with E-state index in [1.807, 2.05) is 0 Å². The summed E-state index contributed by atoms with van der Waals surface area (Å²) in [5.41, 5.74) is 0.0586. The number of aliphatic carboxylic acids is 1. The maximum atomic E-state index is 10.7. The van der Waals surface area contributed by atoms with Gasteiger partial charge in [0.1, 0.15) is 0 Å². The Morgan fingerprint density at radius 1 is 1.33 bits per heavy atom. The van der Waals surface area contributed by atoms with Crippen LogP contribution in [0.3, 0.4) is 0 Å². The SMILES string of the molecule is C/C=C/C(=O)OC=CC=C(C)C(=O)[O-].[Na+]. The predicted octanol–water partition coefficient (Wildman–Crippen LogP) is -2.68. The summed E-state index contributed by atoms with van der Waals surface area (Å²) in [6, 6.07) is 0. The minimum absolute atomic E-state index is 0. The molecule has 0 atom stereocenters. The summed E-state index contributed by atoms with van der Waals surface area (Å²) >= 11 is 0. The molecule has 0 radical (unpaired) electrons. The molecule has 0 saturated carbocycles. The quantitative estimate of drug-likeness (QED) is 0.169. The van der Waals surface area contributed by atoms with Gasteiger partial charge in [0, 0.05) is 6.08 Å². The van der Waals surface area contributed by atoms with E-state index in [9.17, 15) is 14.7 Å². The van der Waals surface area contributed by atoms with Crippen molar-refractivity contribution in [3.8, 4) is 0 Å². The van der Waals surface area contributed by atoms with Crippen LogP contribution >= 0.6 is 0 Å². The zero-order valence-electron chi connectivity index (χ0n) is 9.02. The van der Waals surface area contributed by atoms with Gasteiger partial charge in [-0.05, 0) is 25.5 Å². The Balaban J connectivity index is 0. The monoisotopic (exact) mass is 218 g/mol. The van der Waals surface area contributed by atoms with Gasteiger partial charge in [-0.1, -0.05) is 12.2 Å². The molecule has 0 heterocycles. The van der Waals surface area contributed by atoms with E-state index in [1.165, 1.54) is 25.2 Å². The summed E-state index contributed by atoms with van der Waals surface area (Å²) in [5.74, 6) is -1.77. The molecule has 0 aliphatic rings. The number of allylic oxidation sites excluding steroid dienone is 3. The van der Waals surface area contributed by atoms with Crippen molar-refractivity contribution in [2.45, 2.75) is 13.8 Å². The van der Waals surface area contributed by atoms with Crippen LogP contribution in [0.15, 0.2) is 36.1 Å². The van der Waals surface area contributed by atoms with Gasteiger partial charge in [-0.15, -0.1) is 0 Å². The Morgan fingerprint density at radius 3 is 2.40 bits per heavy atom. The summed E-state index contributed by atoms with van der Waals surface area (Å²) in [5, 5.41) is 10.2. The first-order chi connectivity index (χ1) is 6.57. The first-order valence-corrected chi connectivity index (χ1v) is 3.96. The molecule has 0 spiro atoms. The van der Waals surface area contributed by atoms with Crippen LogP contribution in [0.5, 0.6) is 0 Å². The molecule has 0 amide bonds. The van der Waals surface area contributed by atoms with E-state index in [1.54, 1.807) is 13.0 Å². The van der Waals surface area contributed by atoms with Crippen molar-refractivity contribution in [3.05, 3.63) is 36.1 Å². The van der Waals surface area contributed by atoms with Crippen molar-refractivity contribution in [3.63, 3.8) is 0 Å². The second-order valence-electron chi connectivity index (χ2n) is 2.40. The largest absolute Gasteiger partial charge is 1.00 e. The van der Waals surface area contributed by atoms with Gasteiger partial charge >= 0.3 is 35.5 Å². The Kier molecular flexibility index (Phi) is 10.7. The normalized spacial score (nSPS) is 11.5. The second-order valence-corrected chi connectivity index (χ2v) is 2.40. The summed E-state index contributed by atoms with van der Waals surface area (Å²) in [7, 11) is 0. The standard InChI is InChI=1S/C10H12O4.Na/c1-3-5-9(11)14-7-4-6-8(2)10(12)13;/h3-7H,1-2H3,(H,12,13);/q;+1/p-1/b5-3+,7-4?,8-6?;. The summed E-state index contributed by atoms with van der Waals surface area (Å²) in [6.07, 6.45) is 6.48. The summed E-state index contributed by atoms with van der Waals surface area (Å²) in [4.78, 5) is 20.9. The third kappa shape index (κ3) is 9.46. The van der Waals surface area contributed by atoms with E-state index >= 15 is 0 Å². The third-order valence-electron chi connectivity index (χ3n) is 1.23. The van der Waals surface area contributed by atoms with Gasteiger partial charge in [0.2, 0.25) is 0 Å². The molecule has 76 valence electrons. The topological polar surface area (TPSA) is 66.4 Å². The van der Waals surface area contributed by atoms with E-state index in [-0.39, 0.29) is 35.1 Å². The van der Waals surface area contributed by atoms with E-state index in [4.69, 9.17) is 0 Å². The molecule has 0 rings (SSSR count). The second kappa shape index (κ2) is 9.71. The van der Waals surface area contributed by atoms with E-state index in [2.05, 4.69) is 4.74 Å². The van der Waals surface area contributed by atoms with Crippen LogP contribution in [-0.4, -0.2) is 11.9 Å². The van der Waals surface area contributed by atoms with Crippen molar-refractivity contribution in [2.75, 3.05) is 0 Å². The smallest absolute Gasteiger partial charge is 0.545 e. The molecule has 5 heteroatoms. The molecule has 0 aromatic rings. The van der Waals surface area contributed by atoms with E-state index in [0.29, 0.717) is 0 Å². The Labute approximate surface area is 111 Å².